The Kier molecular flexibility index (Phi) is 8.81. The van der Waals surface area contributed by atoms with Crippen molar-refractivity contribution in [1.82, 2.24) is 10.6 Å². The topological polar surface area (TPSA) is 96.5 Å². The number of nitrogens with one attached hydrogen (secondary N) is 3. The van der Waals surface area contributed by atoms with Gasteiger partial charge in [-0.3, -0.25) is 9.59 Å². The molecule has 0 aliphatic carbocycles. The molecule has 3 N–H and O–H groups in total. The van der Waals surface area contributed by atoms with Crippen LogP contribution in [0.5, 0.6) is 5.75 Å². The summed E-state index contributed by atoms with van der Waals surface area (Å²) in [5.41, 5.74) is 1.73. The van der Waals surface area contributed by atoms with Crippen molar-refractivity contribution in [2.24, 2.45) is 5.41 Å². The zero-order valence-corrected chi connectivity index (χ0v) is 19.5. The maximum absolute atomic E-state index is 12.6. The summed E-state index contributed by atoms with van der Waals surface area (Å²) in [6, 6.07) is 14.1. The second-order valence-electron chi connectivity index (χ2n) is 8.90. The number of ketones is 1. The van der Waals surface area contributed by atoms with Crippen LogP contribution in [0.15, 0.2) is 48.5 Å². The Morgan fingerprint density at radius 2 is 1.56 bits per heavy atom. The quantitative estimate of drug-likeness (QED) is 0.474. The summed E-state index contributed by atoms with van der Waals surface area (Å²) in [5.74, 6) is 0.578. The van der Waals surface area contributed by atoms with E-state index in [0.29, 0.717) is 23.5 Å². The molecule has 172 valence electrons. The molecule has 2 aromatic rings. The van der Waals surface area contributed by atoms with E-state index in [-0.39, 0.29) is 36.6 Å². The molecule has 0 aromatic heterocycles. The highest BCUT2D eigenvalue weighted by atomic mass is 16.5. The average molecular weight is 440 g/mol. The van der Waals surface area contributed by atoms with Gasteiger partial charge in [0, 0.05) is 36.7 Å². The SMILES string of the molecule is COc1ccc(C(=O)CC(C)(C)CC(=O)NCc2ccc(NC(=O)NC(C)C)cc2)cc1. The van der Waals surface area contributed by atoms with E-state index in [0.717, 1.165) is 5.56 Å². The molecule has 32 heavy (non-hydrogen) atoms. The molecule has 0 radical (unpaired) electrons. The molecule has 0 aliphatic rings. The van der Waals surface area contributed by atoms with Gasteiger partial charge in [-0.1, -0.05) is 26.0 Å². The van der Waals surface area contributed by atoms with Crippen LogP contribution in [-0.4, -0.2) is 30.9 Å². The second kappa shape index (κ2) is 11.3. The minimum absolute atomic E-state index is 0.00459. The van der Waals surface area contributed by atoms with E-state index in [1.54, 1.807) is 43.5 Å². The third kappa shape index (κ3) is 8.41. The van der Waals surface area contributed by atoms with E-state index >= 15 is 0 Å². The van der Waals surface area contributed by atoms with Crippen molar-refractivity contribution in [2.45, 2.75) is 53.1 Å². The molecule has 3 amide bonds. The number of benzene rings is 2. The van der Waals surface area contributed by atoms with Crippen molar-refractivity contribution in [3.05, 3.63) is 59.7 Å². The van der Waals surface area contributed by atoms with Crippen LogP contribution < -0.4 is 20.7 Å². The summed E-state index contributed by atoms with van der Waals surface area (Å²) >= 11 is 0. The van der Waals surface area contributed by atoms with Crippen LogP contribution in [0, 0.1) is 5.41 Å². The van der Waals surface area contributed by atoms with Gasteiger partial charge in [0.05, 0.1) is 7.11 Å². The van der Waals surface area contributed by atoms with Crippen molar-refractivity contribution < 1.29 is 19.1 Å². The first-order valence-electron chi connectivity index (χ1n) is 10.7. The molecule has 0 bridgehead atoms. The maximum Gasteiger partial charge on any atom is 0.319 e. The molecular weight excluding hydrogens is 406 g/mol. The first-order chi connectivity index (χ1) is 15.1. The number of ether oxygens (including phenoxy) is 1. The third-order valence-electron chi connectivity index (χ3n) is 4.81. The summed E-state index contributed by atoms with van der Waals surface area (Å²) < 4.78 is 5.12. The van der Waals surface area contributed by atoms with Gasteiger partial charge >= 0.3 is 6.03 Å². The predicted octanol–water partition coefficient (Wildman–Crippen LogP) is 4.53. The molecule has 0 unspecified atom stereocenters. The minimum Gasteiger partial charge on any atom is -0.497 e. The smallest absolute Gasteiger partial charge is 0.319 e. The van der Waals surface area contributed by atoms with Gasteiger partial charge in [-0.05, 0) is 61.2 Å². The second-order valence-corrected chi connectivity index (χ2v) is 8.90. The van der Waals surface area contributed by atoms with Crippen LogP contribution in [0.4, 0.5) is 10.5 Å². The molecule has 7 nitrogen and oxygen atoms in total. The Hall–Kier alpha value is -3.35. The van der Waals surface area contributed by atoms with Gasteiger partial charge in [-0.15, -0.1) is 0 Å². The predicted molar refractivity (Wildman–Crippen MR) is 126 cm³/mol. The summed E-state index contributed by atoms with van der Waals surface area (Å²) in [7, 11) is 1.58. The number of amides is 3. The number of methoxy groups -OCH3 is 1. The fourth-order valence-corrected chi connectivity index (χ4v) is 3.21. The third-order valence-corrected chi connectivity index (χ3v) is 4.81. The minimum atomic E-state index is -0.474. The molecule has 7 heteroatoms. The number of Topliss-reactive ketones (excluding diaryl/α,β-unsaturated/α-hetero) is 1. The Morgan fingerprint density at radius 3 is 2.12 bits per heavy atom. The standard InChI is InChI=1S/C25H33N3O4/c1-17(2)27-24(31)28-20-10-6-18(7-11-20)16-26-23(30)15-25(3,4)14-22(29)19-8-12-21(32-5)13-9-19/h6-13,17H,14-16H2,1-5H3,(H,26,30)(H2,27,28,31). The lowest BCUT2D eigenvalue weighted by Gasteiger charge is -2.23. The van der Waals surface area contributed by atoms with E-state index in [1.807, 2.05) is 39.8 Å². The summed E-state index contributed by atoms with van der Waals surface area (Å²) in [5, 5.41) is 8.42. The number of hydrogen-bond donors (Lipinski definition) is 3. The van der Waals surface area contributed by atoms with Crippen LogP contribution in [0.3, 0.4) is 0 Å². The largest absolute Gasteiger partial charge is 0.497 e. The van der Waals surface area contributed by atoms with Crippen molar-refractivity contribution >= 4 is 23.4 Å². The van der Waals surface area contributed by atoms with Crippen molar-refractivity contribution in [2.75, 3.05) is 12.4 Å². The van der Waals surface area contributed by atoms with Gasteiger partial charge in [-0.2, -0.15) is 0 Å². The van der Waals surface area contributed by atoms with E-state index in [4.69, 9.17) is 4.74 Å². The Labute approximate surface area is 189 Å². The zero-order valence-electron chi connectivity index (χ0n) is 19.5. The monoisotopic (exact) mass is 439 g/mol. The molecular formula is C25H33N3O4. The van der Waals surface area contributed by atoms with Gasteiger partial charge in [0.15, 0.2) is 5.78 Å². The Balaban J connectivity index is 1.81. The van der Waals surface area contributed by atoms with E-state index in [9.17, 15) is 14.4 Å². The average Bonchev–Trinajstić information content (AvgIpc) is 2.72. The van der Waals surface area contributed by atoms with Crippen LogP contribution in [-0.2, 0) is 11.3 Å². The van der Waals surface area contributed by atoms with Gasteiger partial charge in [-0.25, -0.2) is 4.79 Å². The van der Waals surface area contributed by atoms with E-state index in [2.05, 4.69) is 16.0 Å². The number of anilines is 1. The molecule has 2 aromatic carbocycles. The molecule has 0 fully saturated rings. The van der Waals surface area contributed by atoms with Gasteiger partial charge < -0.3 is 20.7 Å². The van der Waals surface area contributed by atoms with Crippen LogP contribution >= 0.6 is 0 Å². The van der Waals surface area contributed by atoms with Crippen LogP contribution in [0.25, 0.3) is 0 Å². The van der Waals surface area contributed by atoms with Crippen molar-refractivity contribution in [1.29, 1.82) is 0 Å². The lowest BCUT2D eigenvalue weighted by Crippen LogP contribution is -2.34. The van der Waals surface area contributed by atoms with E-state index < -0.39 is 5.41 Å². The highest BCUT2D eigenvalue weighted by molar-refractivity contribution is 5.97. The first kappa shape index (κ1) is 24.9. The number of hydrogen-bond acceptors (Lipinski definition) is 4. The fourth-order valence-electron chi connectivity index (χ4n) is 3.21. The number of urea groups is 1. The van der Waals surface area contributed by atoms with Crippen LogP contribution in [0.1, 0.15) is 56.5 Å². The fraction of sp³-hybridized carbons (Fsp3) is 0.400. The number of carbonyl (C=O) groups is 3. The molecule has 0 heterocycles. The molecule has 0 saturated carbocycles. The first-order valence-corrected chi connectivity index (χ1v) is 10.7. The summed E-state index contributed by atoms with van der Waals surface area (Å²) in [4.78, 5) is 36.8. The van der Waals surface area contributed by atoms with Gasteiger partial charge in [0.25, 0.3) is 0 Å². The normalized spacial score (nSPS) is 11.1. The zero-order chi connectivity index (χ0) is 23.7. The maximum atomic E-state index is 12.6. The lowest BCUT2D eigenvalue weighted by molar-refractivity contribution is -0.123. The summed E-state index contributed by atoms with van der Waals surface area (Å²) in [6.45, 7) is 7.98. The van der Waals surface area contributed by atoms with Gasteiger partial charge in [0.1, 0.15) is 5.75 Å². The Bertz CT molecular complexity index is 919. The highest BCUT2D eigenvalue weighted by Crippen LogP contribution is 2.27. The molecule has 0 saturated heterocycles. The molecule has 2 rings (SSSR count). The summed E-state index contributed by atoms with van der Waals surface area (Å²) in [6.07, 6.45) is 0.509. The molecule has 0 spiro atoms. The molecule has 0 aliphatic heterocycles. The number of rotatable bonds is 10. The van der Waals surface area contributed by atoms with Crippen molar-refractivity contribution in [3.8, 4) is 5.75 Å². The highest BCUT2D eigenvalue weighted by Gasteiger charge is 2.26. The van der Waals surface area contributed by atoms with E-state index in [1.165, 1.54) is 0 Å². The van der Waals surface area contributed by atoms with Crippen LogP contribution in [0.2, 0.25) is 0 Å². The Morgan fingerprint density at radius 1 is 0.938 bits per heavy atom. The lowest BCUT2D eigenvalue weighted by atomic mass is 9.82. The van der Waals surface area contributed by atoms with Crippen molar-refractivity contribution in [3.63, 3.8) is 0 Å². The molecule has 0 atom stereocenters. The number of carbonyl (C=O) groups excluding carboxylic acids is 3. The van der Waals surface area contributed by atoms with Gasteiger partial charge in [0.2, 0.25) is 5.91 Å².